The summed E-state index contributed by atoms with van der Waals surface area (Å²) in [7, 11) is 0. The van der Waals surface area contributed by atoms with Crippen LogP contribution < -0.4 is 5.73 Å². The molecule has 1 saturated heterocycles. The Bertz CT molecular complexity index is 428. The molecule has 3 nitrogen and oxygen atoms in total. The molecular formula is C15H23N3. The number of nitrogens with one attached hydrogen (secondary N) is 1. The van der Waals surface area contributed by atoms with Crippen LogP contribution in [0.25, 0.3) is 0 Å². The van der Waals surface area contributed by atoms with E-state index in [2.05, 4.69) is 24.8 Å². The van der Waals surface area contributed by atoms with Crippen LogP contribution in [0, 0.1) is 17.2 Å². The summed E-state index contributed by atoms with van der Waals surface area (Å²) in [6.45, 7) is 7.87. The summed E-state index contributed by atoms with van der Waals surface area (Å²) in [5, 5.41) is 7.62. The number of likely N-dealkylation sites (tertiary alicyclic amines) is 1. The van der Waals surface area contributed by atoms with Crippen LogP contribution >= 0.6 is 0 Å². The van der Waals surface area contributed by atoms with Gasteiger partial charge in [-0.2, -0.15) is 0 Å². The second kappa shape index (κ2) is 5.53. The largest absolute Gasteiger partial charge is 0.384 e. The van der Waals surface area contributed by atoms with E-state index < -0.39 is 0 Å². The van der Waals surface area contributed by atoms with Crippen LogP contribution in [0.2, 0.25) is 0 Å². The molecule has 2 unspecified atom stereocenters. The Morgan fingerprint density at radius 1 is 1.33 bits per heavy atom. The third-order valence-corrected chi connectivity index (χ3v) is 4.12. The monoisotopic (exact) mass is 245 g/mol. The average molecular weight is 245 g/mol. The van der Waals surface area contributed by atoms with Crippen molar-refractivity contribution in [2.75, 3.05) is 13.1 Å². The molecular weight excluding hydrogens is 222 g/mol. The van der Waals surface area contributed by atoms with Gasteiger partial charge in [-0.05, 0) is 30.4 Å². The predicted octanol–water partition coefficient (Wildman–Crippen LogP) is 2.45. The molecule has 0 aromatic heterocycles. The van der Waals surface area contributed by atoms with Crippen molar-refractivity contribution < 1.29 is 0 Å². The fourth-order valence-corrected chi connectivity index (χ4v) is 2.65. The number of amidine groups is 1. The molecule has 98 valence electrons. The van der Waals surface area contributed by atoms with Crippen LogP contribution in [-0.4, -0.2) is 23.8 Å². The van der Waals surface area contributed by atoms with Crippen LogP contribution in [0.5, 0.6) is 0 Å². The van der Waals surface area contributed by atoms with E-state index in [1.54, 1.807) is 0 Å². The molecule has 2 rings (SSSR count). The molecule has 1 aliphatic heterocycles. The van der Waals surface area contributed by atoms with Gasteiger partial charge in [0.15, 0.2) is 0 Å². The highest BCUT2D eigenvalue weighted by molar-refractivity contribution is 5.96. The lowest BCUT2D eigenvalue weighted by molar-refractivity contribution is 0.132. The van der Waals surface area contributed by atoms with Crippen LogP contribution in [0.3, 0.4) is 0 Å². The number of hydrogen-bond acceptors (Lipinski definition) is 2. The fraction of sp³-hybridized carbons (Fsp3) is 0.533. The zero-order chi connectivity index (χ0) is 13.1. The number of nitrogens with two attached hydrogens (primary N) is 1. The maximum atomic E-state index is 7.62. The van der Waals surface area contributed by atoms with Crippen molar-refractivity contribution in [2.24, 2.45) is 17.6 Å². The molecule has 3 heteroatoms. The minimum Gasteiger partial charge on any atom is -0.384 e. The van der Waals surface area contributed by atoms with E-state index in [4.69, 9.17) is 11.1 Å². The zero-order valence-electron chi connectivity index (χ0n) is 11.3. The first-order chi connectivity index (χ1) is 8.58. The highest BCUT2D eigenvalue weighted by atomic mass is 15.1. The maximum absolute atomic E-state index is 7.62. The molecule has 0 aliphatic carbocycles. The summed E-state index contributed by atoms with van der Waals surface area (Å²) in [6.07, 6.45) is 1.27. The minimum absolute atomic E-state index is 0.170. The van der Waals surface area contributed by atoms with Gasteiger partial charge in [-0.3, -0.25) is 10.3 Å². The number of piperidine rings is 1. The fourth-order valence-electron chi connectivity index (χ4n) is 2.65. The van der Waals surface area contributed by atoms with Crippen LogP contribution in [-0.2, 0) is 6.54 Å². The van der Waals surface area contributed by atoms with Crippen molar-refractivity contribution in [2.45, 2.75) is 26.8 Å². The van der Waals surface area contributed by atoms with E-state index in [1.165, 1.54) is 12.0 Å². The predicted molar refractivity (Wildman–Crippen MR) is 75.7 cm³/mol. The van der Waals surface area contributed by atoms with Crippen molar-refractivity contribution >= 4 is 5.84 Å². The Hall–Kier alpha value is -1.35. The Balaban J connectivity index is 2.08. The van der Waals surface area contributed by atoms with Crippen LogP contribution in [0.15, 0.2) is 24.3 Å². The van der Waals surface area contributed by atoms with Crippen molar-refractivity contribution in [3.63, 3.8) is 0 Å². The second-order valence-electron chi connectivity index (χ2n) is 5.55. The average Bonchev–Trinajstić information content (AvgIpc) is 2.34. The van der Waals surface area contributed by atoms with Gasteiger partial charge in [0.2, 0.25) is 0 Å². The molecule has 0 saturated carbocycles. The summed E-state index contributed by atoms with van der Waals surface area (Å²) in [6, 6.07) is 7.99. The summed E-state index contributed by atoms with van der Waals surface area (Å²) in [4.78, 5) is 2.48. The lowest BCUT2D eigenvalue weighted by Crippen LogP contribution is -2.38. The third-order valence-electron chi connectivity index (χ3n) is 4.12. The minimum atomic E-state index is 0.170. The Kier molecular flexibility index (Phi) is 4.02. The van der Waals surface area contributed by atoms with Gasteiger partial charge in [0.1, 0.15) is 5.84 Å². The van der Waals surface area contributed by atoms with Gasteiger partial charge in [0, 0.05) is 18.7 Å². The van der Waals surface area contributed by atoms with E-state index in [0.717, 1.165) is 37.0 Å². The van der Waals surface area contributed by atoms with E-state index in [9.17, 15) is 0 Å². The first kappa shape index (κ1) is 13.1. The third kappa shape index (κ3) is 2.91. The SMILES string of the molecule is CC1CCN(Cc2ccccc2C(=N)N)CC1C. The topological polar surface area (TPSA) is 53.1 Å². The number of rotatable bonds is 3. The molecule has 0 bridgehead atoms. The summed E-state index contributed by atoms with van der Waals surface area (Å²) in [5.74, 6) is 1.75. The van der Waals surface area contributed by atoms with Crippen molar-refractivity contribution in [1.29, 1.82) is 5.41 Å². The van der Waals surface area contributed by atoms with Gasteiger partial charge in [0.05, 0.1) is 0 Å². The molecule has 2 atom stereocenters. The molecule has 0 radical (unpaired) electrons. The maximum Gasteiger partial charge on any atom is 0.123 e. The van der Waals surface area contributed by atoms with E-state index >= 15 is 0 Å². The Morgan fingerprint density at radius 3 is 2.72 bits per heavy atom. The van der Waals surface area contributed by atoms with Gasteiger partial charge < -0.3 is 5.73 Å². The Morgan fingerprint density at radius 2 is 2.06 bits per heavy atom. The highest BCUT2D eigenvalue weighted by Crippen LogP contribution is 2.24. The standard InChI is InChI=1S/C15H23N3/c1-11-7-8-18(9-12(11)2)10-13-5-3-4-6-14(13)15(16)17/h3-6,11-12H,7-10H2,1-2H3,(H3,16,17). The number of nitrogen functional groups attached to an aromatic ring is 1. The molecule has 0 amide bonds. The number of benzene rings is 1. The number of hydrogen-bond donors (Lipinski definition) is 2. The van der Waals surface area contributed by atoms with Crippen molar-refractivity contribution in [1.82, 2.24) is 4.90 Å². The van der Waals surface area contributed by atoms with Gasteiger partial charge in [-0.25, -0.2) is 0 Å². The van der Waals surface area contributed by atoms with E-state index in [-0.39, 0.29) is 5.84 Å². The molecule has 1 aromatic carbocycles. The van der Waals surface area contributed by atoms with Gasteiger partial charge in [-0.15, -0.1) is 0 Å². The van der Waals surface area contributed by atoms with Gasteiger partial charge in [-0.1, -0.05) is 38.1 Å². The smallest absolute Gasteiger partial charge is 0.123 e. The van der Waals surface area contributed by atoms with Crippen molar-refractivity contribution in [3.8, 4) is 0 Å². The molecule has 1 aromatic rings. The second-order valence-corrected chi connectivity index (χ2v) is 5.55. The first-order valence-corrected chi connectivity index (χ1v) is 6.72. The summed E-state index contributed by atoms with van der Waals surface area (Å²) in [5.41, 5.74) is 7.69. The van der Waals surface area contributed by atoms with Crippen LogP contribution in [0.4, 0.5) is 0 Å². The summed E-state index contributed by atoms with van der Waals surface area (Å²) >= 11 is 0. The molecule has 1 heterocycles. The van der Waals surface area contributed by atoms with E-state index in [1.807, 2.05) is 18.2 Å². The lowest BCUT2D eigenvalue weighted by atomic mass is 9.88. The molecule has 3 N–H and O–H groups in total. The molecule has 18 heavy (non-hydrogen) atoms. The van der Waals surface area contributed by atoms with Gasteiger partial charge in [0.25, 0.3) is 0 Å². The molecule has 1 fully saturated rings. The number of nitrogens with zero attached hydrogens (tertiary/aromatic N) is 1. The lowest BCUT2D eigenvalue weighted by Gasteiger charge is -2.35. The molecule has 1 aliphatic rings. The van der Waals surface area contributed by atoms with Crippen molar-refractivity contribution in [3.05, 3.63) is 35.4 Å². The van der Waals surface area contributed by atoms with E-state index in [0.29, 0.717) is 0 Å². The van der Waals surface area contributed by atoms with Crippen LogP contribution in [0.1, 0.15) is 31.4 Å². The van der Waals surface area contributed by atoms with Gasteiger partial charge >= 0.3 is 0 Å². The normalized spacial score (nSPS) is 25.0. The molecule has 0 spiro atoms. The highest BCUT2D eigenvalue weighted by Gasteiger charge is 2.23. The quantitative estimate of drug-likeness (QED) is 0.635. The summed E-state index contributed by atoms with van der Waals surface area (Å²) < 4.78 is 0. The zero-order valence-corrected chi connectivity index (χ0v) is 11.3. The Labute approximate surface area is 109 Å². The first-order valence-electron chi connectivity index (χ1n) is 6.72.